The molecule has 0 spiro atoms. The second kappa shape index (κ2) is 6.03. The van der Waals surface area contributed by atoms with Crippen molar-refractivity contribution in [1.82, 2.24) is 4.90 Å². The SMILES string of the molecule is O=C(C#Cc1ccc2c(c1)OCO2)N(CC(F)(F)F)C1CCC1. The number of ether oxygens (including phenoxy) is 2. The van der Waals surface area contributed by atoms with Crippen molar-refractivity contribution in [2.75, 3.05) is 13.3 Å². The maximum Gasteiger partial charge on any atom is 0.406 e. The van der Waals surface area contributed by atoms with Gasteiger partial charge in [-0.15, -0.1) is 0 Å². The van der Waals surface area contributed by atoms with Gasteiger partial charge in [0.2, 0.25) is 6.79 Å². The van der Waals surface area contributed by atoms with Crippen molar-refractivity contribution in [3.8, 4) is 23.3 Å². The van der Waals surface area contributed by atoms with Gasteiger partial charge in [-0.1, -0.05) is 5.92 Å². The Hall–Kier alpha value is -2.36. The summed E-state index contributed by atoms with van der Waals surface area (Å²) in [5.41, 5.74) is 0.489. The fraction of sp³-hybridized carbons (Fsp3) is 0.438. The summed E-state index contributed by atoms with van der Waals surface area (Å²) in [6.45, 7) is -1.14. The van der Waals surface area contributed by atoms with Gasteiger partial charge >= 0.3 is 6.18 Å². The lowest BCUT2D eigenvalue weighted by Crippen LogP contribution is -2.48. The standard InChI is InChI=1S/C16H14F3NO3/c17-16(18,19)9-20(12-2-1-3-12)15(21)7-5-11-4-6-13-14(8-11)23-10-22-13/h4,6,8,12H,1-3,9-10H2. The van der Waals surface area contributed by atoms with E-state index < -0.39 is 18.6 Å². The molecule has 1 aliphatic heterocycles. The predicted molar refractivity (Wildman–Crippen MR) is 74.9 cm³/mol. The van der Waals surface area contributed by atoms with Gasteiger partial charge in [-0.3, -0.25) is 4.79 Å². The fourth-order valence-electron chi connectivity index (χ4n) is 2.43. The van der Waals surface area contributed by atoms with Crippen molar-refractivity contribution >= 4 is 5.91 Å². The molecule has 0 atom stereocenters. The topological polar surface area (TPSA) is 38.8 Å². The third-order valence-electron chi connectivity index (χ3n) is 3.81. The van der Waals surface area contributed by atoms with E-state index in [-0.39, 0.29) is 12.8 Å². The second-order valence-corrected chi connectivity index (χ2v) is 5.45. The number of carbonyl (C=O) groups excluding carboxylic acids is 1. The van der Waals surface area contributed by atoms with Crippen molar-refractivity contribution in [3.05, 3.63) is 23.8 Å². The molecule has 1 fully saturated rings. The minimum atomic E-state index is -4.42. The number of halogens is 3. The molecular weight excluding hydrogens is 311 g/mol. The number of rotatable bonds is 2. The average Bonchev–Trinajstić information content (AvgIpc) is 2.88. The Labute approximate surface area is 131 Å². The quantitative estimate of drug-likeness (QED) is 0.785. The Kier molecular flexibility index (Phi) is 4.07. The molecule has 1 aromatic carbocycles. The molecule has 0 bridgehead atoms. The largest absolute Gasteiger partial charge is 0.454 e. The molecule has 1 saturated carbocycles. The van der Waals surface area contributed by atoms with Crippen LogP contribution in [0.15, 0.2) is 18.2 Å². The van der Waals surface area contributed by atoms with E-state index in [4.69, 9.17) is 9.47 Å². The number of carbonyl (C=O) groups is 1. The summed E-state index contributed by atoms with van der Waals surface area (Å²) < 4.78 is 48.2. The van der Waals surface area contributed by atoms with E-state index in [1.165, 1.54) is 0 Å². The van der Waals surface area contributed by atoms with Crippen molar-refractivity contribution in [1.29, 1.82) is 0 Å². The lowest BCUT2D eigenvalue weighted by Gasteiger charge is -2.36. The van der Waals surface area contributed by atoms with Crippen LogP contribution in [0, 0.1) is 11.8 Å². The number of nitrogens with zero attached hydrogens (tertiary/aromatic N) is 1. The summed E-state index contributed by atoms with van der Waals surface area (Å²) in [7, 11) is 0. The third-order valence-corrected chi connectivity index (χ3v) is 3.81. The fourth-order valence-corrected chi connectivity index (χ4v) is 2.43. The maximum atomic E-state index is 12.6. The zero-order chi connectivity index (χ0) is 16.4. The first kappa shape index (κ1) is 15.5. The van der Waals surface area contributed by atoms with E-state index in [9.17, 15) is 18.0 Å². The minimum Gasteiger partial charge on any atom is -0.454 e. The van der Waals surface area contributed by atoms with Crippen LogP contribution in [0.25, 0.3) is 0 Å². The molecular formula is C16H14F3NO3. The first-order valence-corrected chi connectivity index (χ1v) is 7.21. The van der Waals surface area contributed by atoms with Gasteiger partial charge in [-0.05, 0) is 37.5 Å². The highest BCUT2D eigenvalue weighted by atomic mass is 19.4. The lowest BCUT2D eigenvalue weighted by atomic mass is 9.91. The molecule has 0 saturated heterocycles. The van der Waals surface area contributed by atoms with E-state index in [2.05, 4.69) is 11.8 Å². The van der Waals surface area contributed by atoms with E-state index >= 15 is 0 Å². The van der Waals surface area contributed by atoms with Gasteiger partial charge in [0.15, 0.2) is 11.5 Å². The molecule has 7 heteroatoms. The van der Waals surface area contributed by atoms with Crippen molar-refractivity contribution in [2.24, 2.45) is 0 Å². The predicted octanol–water partition coefficient (Wildman–Crippen LogP) is 2.71. The molecule has 1 amide bonds. The van der Waals surface area contributed by atoms with E-state index in [0.717, 1.165) is 11.3 Å². The van der Waals surface area contributed by atoms with Crippen LogP contribution in [-0.2, 0) is 4.79 Å². The van der Waals surface area contributed by atoms with E-state index in [1.807, 2.05) is 0 Å². The molecule has 1 aliphatic carbocycles. The van der Waals surface area contributed by atoms with Crippen molar-refractivity contribution in [3.63, 3.8) is 0 Å². The molecule has 1 aromatic rings. The van der Waals surface area contributed by atoms with Gasteiger partial charge in [-0.25, -0.2) is 0 Å². The molecule has 0 radical (unpaired) electrons. The smallest absolute Gasteiger partial charge is 0.406 e. The van der Waals surface area contributed by atoms with Gasteiger partial charge in [0, 0.05) is 17.5 Å². The number of hydrogen-bond donors (Lipinski definition) is 0. The summed E-state index contributed by atoms with van der Waals surface area (Å²) in [6, 6.07) is 4.51. The molecule has 3 rings (SSSR count). The molecule has 1 heterocycles. The highest BCUT2D eigenvalue weighted by Crippen LogP contribution is 2.32. The number of amides is 1. The van der Waals surface area contributed by atoms with Gasteiger partial charge < -0.3 is 14.4 Å². The average molecular weight is 325 g/mol. The maximum absolute atomic E-state index is 12.6. The van der Waals surface area contributed by atoms with E-state index in [1.54, 1.807) is 18.2 Å². The Morgan fingerprint density at radius 2 is 2.00 bits per heavy atom. The molecule has 23 heavy (non-hydrogen) atoms. The van der Waals surface area contributed by atoms with E-state index in [0.29, 0.717) is 29.9 Å². The Bertz CT molecular complexity index is 671. The first-order valence-electron chi connectivity index (χ1n) is 7.21. The van der Waals surface area contributed by atoms with Gasteiger partial charge in [-0.2, -0.15) is 13.2 Å². The van der Waals surface area contributed by atoms with Gasteiger partial charge in [0.25, 0.3) is 5.91 Å². The Morgan fingerprint density at radius 3 is 2.65 bits per heavy atom. The number of hydrogen-bond acceptors (Lipinski definition) is 3. The monoisotopic (exact) mass is 325 g/mol. The highest BCUT2D eigenvalue weighted by molar-refractivity contribution is 5.94. The van der Waals surface area contributed by atoms with Crippen LogP contribution in [0.2, 0.25) is 0 Å². The minimum absolute atomic E-state index is 0.117. The van der Waals surface area contributed by atoms with Crippen LogP contribution in [-0.4, -0.2) is 36.4 Å². The van der Waals surface area contributed by atoms with Crippen molar-refractivity contribution < 1.29 is 27.4 Å². The number of fused-ring (bicyclic) bond motifs is 1. The summed E-state index contributed by atoms with van der Waals surface area (Å²) in [6.07, 6.45) is -2.41. The van der Waals surface area contributed by atoms with Crippen molar-refractivity contribution in [2.45, 2.75) is 31.5 Å². The van der Waals surface area contributed by atoms with Gasteiger partial charge in [0.05, 0.1) is 0 Å². The highest BCUT2D eigenvalue weighted by Gasteiger charge is 2.38. The normalized spacial score (nSPS) is 16.3. The Balaban J connectivity index is 1.74. The summed E-state index contributed by atoms with van der Waals surface area (Å²) in [5.74, 6) is 5.19. The summed E-state index contributed by atoms with van der Waals surface area (Å²) in [4.78, 5) is 12.9. The summed E-state index contributed by atoms with van der Waals surface area (Å²) in [5, 5.41) is 0. The summed E-state index contributed by atoms with van der Waals surface area (Å²) >= 11 is 0. The zero-order valence-corrected chi connectivity index (χ0v) is 12.2. The molecule has 0 N–H and O–H groups in total. The zero-order valence-electron chi connectivity index (χ0n) is 12.2. The van der Waals surface area contributed by atoms with Crippen LogP contribution in [0.1, 0.15) is 24.8 Å². The molecule has 0 aromatic heterocycles. The van der Waals surface area contributed by atoms with Crippen LogP contribution in [0.5, 0.6) is 11.5 Å². The molecule has 122 valence electrons. The van der Waals surface area contributed by atoms with Gasteiger partial charge in [0.1, 0.15) is 6.54 Å². The van der Waals surface area contributed by atoms with Crippen LogP contribution in [0.3, 0.4) is 0 Å². The second-order valence-electron chi connectivity index (χ2n) is 5.45. The lowest BCUT2D eigenvalue weighted by molar-refractivity contribution is -0.165. The Morgan fingerprint density at radius 1 is 1.26 bits per heavy atom. The first-order chi connectivity index (χ1) is 10.9. The molecule has 2 aliphatic rings. The number of benzene rings is 1. The van der Waals surface area contributed by atoms with Crippen LogP contribution in [0.4, 0.5) is 13.2 Å². The van der Waals surface area contributed by atoms with Crippen LogP contribution < -0.4 is 9.47 Å². The molecule has 0 unspecified atom stereocenters. The van der Waals surface area contributed by atoms with Crippen LogP contribution >= 0.6 is 0 Å². The number of alkyl halides is 3. The third kappa shape index (κ3) is 3.70. The molecule has 4 nitrogen and oxygen atoms in total.